The minimum absolute atomic E-state index is 0.0370. The molecule has 0 saturated carbocycles. The van der Waals surface area contributed by atoms with Crippen LogP contribution < -0.4 is 0 Å². The van der Waals surface area contributed by atoms with Crippen LogP contribution in [0.25, 0.3) is 0 Å². The molecule has 0 bridgehead atoms. The van der Waals surface area contributed by atoms with E-state index in [4.69, 9.17) is 28.4 Å². The maximum atomic E-state index is 9.58. The third-order valence-corrected chi connectivity index (χ3v) is 2.31. The van der Waals surface area contributed by atoms with E-state index in [-0.39, 0.29) is 19.2 Å². The van der Waals surface area contributed by atoms with E-state index in [2.05, 4.69) is 19.7 Å². The monoisotopic (exact) mass is 332 g/mol. The Morgan fingerprint density at radius 3 is 2.00 bits per heavy atom. The predicted molar refractivity (Wildman–Crippen MR) is 85.9 cm³/mol. The third-order valence-electron chi connectivity index (χ3n) is 2.31. The van der Waals surface area contributed by atoms with Gasteiger partial charge in [0.15, 0.2) is 0 Å². The van der Waals surface area contributed by atoms with Gasteiger partial charge in [-0.25, -0.2) is 0 Å². The minimum Gasteiger partial charge on any atom is -0.463 e. The maximum Gasteiger partial charge on any atom is 0.276 e. The van der Waals surface area contributed by atoms with Crippen molar-refractivity contribution in [3.63, 3.8) is 0 Å². The Morgan fingerprint density at radius 2 is 1.43 bits per heavy atom. The number of aliphatic hydroxyl groups excluding tert-OH is 1. The molecule has 0 fully saturated rings. The van der Waals surface area contributed by atoms with Crippen LogP contribution in [0, 0.1) is 0 Å². The number of ether oxygens (including phenoxy) is 6. The average Bonchev–Trinajstić information content (AvgIpc) is 2.54. The van der Waals surface area contributed by atoms with Gasteiger partial charge in [0.1, 0.15) is 12.7 Å². The highest BCUT2D eigenvalue weighted by atomic mass is 16.7. The number of rotatable bonds is 18. The second-order valence-corrected chi connectivity index (χ2v) is 4.28. The highest BCUT2D eigenvalue weighted by Crippen LogP contribution is 1.98. The molecule has 0 rings (SSSR count). The van der Waals surface area contributed by atoms with Crippen molar-refractivity contribution < 1.29 is 33.5 Å². The molecule has 0 spiro atoms. The van der Waals surface area contributed by atoms with E-state index in [1.807, 2.05) is 0 Å². The first-order chi connectivity index (χ1) is 11.2. The fourth-order valence-corrected chi connectivity index (χ4v) is 1.31. The van der Waals surface area contributed by atoms with Gasteiger partial charge in [0.05, 0.1) is 59.1 Å². The Hall–Kier alpha value is -1.38. The van der Waals surface area contributed by atoms with Crippen molar-refractivity contribution in [2.24, 2.45) is 0 Å². The van der Waals surface area contributed by atoms with Crippen LogP contribution in [-0.2, 0) is 28.4 Å². The van der Waals surface area contributed by atoms with Gasteiger partial charge in [0, 0.05) is 0 Å². The summed E-state index contributed by atoms with van der Waals surface area (Å²) in [5.41, 5.74) is 0. The average molecular weight is 332 g/mol. The summed E-state index contributed by atoms with van der Waals surface area (Å²) in [5.74, 6) is 0.0808. The Balaban J connectivity index is 3.21. The third kappa shape index (κ3) is 16.8. The molecule has 1 N–H and O–H groups in total. The molecular weight excluding hydrogens is 304 g/mol. The number of hydrogen-bond donors (Lipinski definition) is 1. The fourth-order valence-electron chi connectivity index (χ4n) is 1.31. The molecule has 7 nitrogen and oxygen atoms in total. The van der Waals surface area contributed by atoms with Gasteiger partial charge in [-0.1, -0.05) is 12.7 Å². The summed E-state index contributed by atoms with van der Waals surface area (Å²) >= 11 is 0. The topological polar surface area (TPSA) is 75.6 Å². The van der Waals surface area contributed by atoms with E-state index in [9.17, 15) is 5.11 Å². The van der Waals surface area contributed by atoms with Gasteiger partial charge < -0.3 is 33.5 Å². The Labute approximate surface area is 138 Å². The number of hydrogen-bond acceptors (Lipinski definition) is 7. The molecule has 134 valence electrons. The van der Waals surface area contributed by atoms with Gasteiger partial charge in [-0.3, -0.25) is 0 Å². The molecule has 0 heterocycles. The quantitative estimate of drug-likeness (QED) is 0.230. The molecule has 7 heteroatoms. The summed E-state index contributed by atoms with van der Waals surface area (Å²) in [7, 11) is 0. The molecule has 0 amide bonds. The lowest BCUT2D eigenvalue weighted by molar-refractivity contribution is -0.0407. The van der Waals surface area contributed by atoms with Crippen LogP contribution in [0.2, 0.25) is 0 Å². The first-order valence-electron chi connectivity index (χ1n) is 7.40. The zero-order valence-corrected chi connectivity index (χ0v) is 13.6. The fraction of sp³-hybridized carbons (Fsp3) is 0.625. The largest absolute Gasteiger partial charge is 0.463 e. The summed E-state index contributed by atoms with van der Waals surface area (Å²) in [6, 6.07) is 0. The van der Waals surface area contributed by atoms with Crippen LogP contribution in [0.3, 0.4) is 0 Å². The van der Waals surface area contributed by atoms with Crippen molar-refractivity contribution in [2.45, 2.75) is 6.10 Å². The van der Waals surface area contributed by atoms with Crippen LogP contribution in [0.15, 0.2) is 38.0 Å². The van der Waals surface area contributed by atoms with Gasteiger partial charge >= 0.3 is 0 Å². The lowest BCUT2D eigenvalue weighted by Crippen LogP contribution is -2.23. The zero-order valence-electron chi connectivity index (χ0n) is 13.6. The smallest absolute Gasteiger partial charge is 0.276 e. The van der Waals surface area contributed by atoms with Crippen LogP contribution in [-0.4, -0.2) is 70.7 Å². The molecule has 0 radical (unpaired) electrons. The highest BCUT2D eigenvalue weighted by molar-refractivity contribution is 4.73. The minimum atomic E-state index is -0.765. The Bertz CT molecular complexity index is 307. The van der Waals surface area contributed by atoms with Crippen molar-refractivity contribution in [2.75, 3.05) is 59.5 Å². The molecule has 1 atom stereocenters. The lowest BCUT2D eigenvalue weighted by Gasteiger charge is -2.13. The molecule has 0 aliphatic carbocycles. The molecule has 0 aromatic carbocycles. The van der Waals surface area contributed by atoms with E-state index >= 15 is 0 Å². The van der Waals surface area contributed by atoms with E-state index in [0.29, 0.717) is 46.2 Å². The van der Waals surface area contributed by atoms with E-state index in [1.165, 1.54) is 6.26 Å². The lowest BCUT2D eigenvalue weighted by atomic mass is 10.4. The van der Waals surface area contributed by atoms with E-state index in [0.717, 1.165) is 0 Å². The summed E-state index contributed by atoms with van der Waals surface area (Å²) in [4.78, 5) is 0. The zero-order chi connectivity index (χ0) is 17.2. The van der Waals surface area contributed by atoms with Gasteiger partial charge in [0.2, 0.25) is 0 Å². The second-order valence-electron chi connectivity index (χ2n) is 4.28. The van der Waals surface area contributed by atoms with Crippen molar-refractivity contribution in [3.8, 4) is 0 Å². The normalized spacial score (nSPS) is 11.7. The van der Waals surface area contributed by atoms with Crippen molar-refractivity contribution in [3.05, 3.63) is 38.0 Å². The predicted octanol–water partition coefficient (Wildman–Crippen LogP) is 1.25. The van der Waals surface area contributed by atoms with Crippen LogP contribution in [0.4, 0.5) is 0 Å². The molecule has 0 aromatic heterocycles. The molecular formula is C16H28O7. The van der Waals surface area contributed by atoms with Gasteiger partial charge in [-0.15, -0.1) is 6.58 Å². The SMILES string of the molecule is C=CCOCCOCCOCCOCC(O)COC(=C)OC=C. The second kappa shape index (κ2) is 17.0. The van der Waals surface area contributed by atoms with Crippen LogP contribution in [0.5, 0.6) is 0 Å². The summed E-state index contributed by atoms with van der Waals surface area (Å²) in [6.07, 6.45) is 2.12. The molecule has 0 aromatic rings. The molecule has 0 aliphatic heterocycles. The first kappa shape index (κ1) is 21.6. The van der Waals surface area contributed by atoms with Crippen molar-refractivity contribution in [1.82, 2.24) is 0 Å². The van der Waals surface area contributed by atoms with Crippen LogP contribution in [0.1, 0.15) is 0 Å². The molecule has 0 aliphatic rings. The van der Waals surface area contributed by atoms with Gasteiger partial charge in [-0.2, -0.15) is 0 Å². The Morgan fingerprint density at radius 1 is 0.870 bits per heavy atom. The van der Waals surface area contributed by atoms with Gasteiger partial charge in [0.25, 0.3) is 5.95 Å². The van der Waals surface area contributed by atoms with Crippen molar-refractivity contribution in [1.29, 1.82) is 0 Å². The van der Waals surface area contributed by atoms with Crippen LogP contribution >= 0.6 is 0 Å². The standard InChI is InChI=1S/C16H28O7/c1-4-6-18-7-8-19-9-10-20-11-12-21-13-16(17)14-23-15(3)22-5-2/h4-5,16-17H,1-3,6-14H2. The first-order valence-corrected chi connectivity index (χ1v) is 7.40. The number of aliphatic hydroxyl groups is 1. The van der Waals surface area contributed by atoms with E-state index in [1.54, 1.807) is 6.08 Å². The summed E-state index contributed by atoms with van der Waals surface area (Å²) < 4.78 is 30.8. The van der Waals surface area contributed by atoms with Gasteiger partial charge in [-0.05, 0) is 6.58 Å². The molecule has 23 heavy (non-hydrogen) atoms. The summed E-state index contributed by atoms with van der Waals surface area (Å²) in [5, 5.41) is 9.58. The maximum absolute atomic E-state index is 9.58. The molecule has 0 saturated heterocycles. The highest BCUT2D eigenvalue weighted by Gasteiger charge is 2.06. The molecule has 1 unspecified atom stereocenters. The van der Waals surface area contributed by atoms with Crippen molar-refractivity contribution >= 4 is 0 Å². The van der Waals surface area contributed by atoms with E-state index < -0.39 is 6.10 Å². The summed E-state index contributed by atoms with van der Waals surface area (Å²) in [6.45, 7) is 13.9. The Kier molecular flexibility index (Phi) is 16.0.